The highest BCUT2D eigenvalue weighted by atomic mass is 16.5. The molecule has 0 unspecified atom stereocenters. The summed E-state index contributed by atoms with van der Waals surface area (Å²) >= 11 is 0. The third kappa shape index (κ3) is 9.33. The van der Waals surface area contributed by atoms with Crippen LogP contribution < -0.4 is 14.8 Å². The van der Waals surface area contributed by atoms with Gasteiger partial charge in [-0.25, -0.2) is 34.1 Å². The van der Waals surface area contributed by atoms with Gasteiger partial charge in [0, 0.05) is 75.8 Å². The molecule has 0 atom stereocenters. The van der Waals surface area contributed by atoms with Crippen molar-refractivity contribution in [2.75, 3.05) is 66.6 Å². The summed E-state index contributed by atoms with van der Waals surface area (Å²) in [6, 6.07) is 21.6. The van der Waals surface area contributed by atoms with E-state index in [9.17, 15) is 19.2 Å². The first-order valence-electron chi connectivity index (χ1n) is 24.2. The largest absolute Gasteiger partial charge is 0.494 e. The van der Waals surface area contributed by atoms with Crippen molar-refractivity contribution < 1.29 is 33.8 Å². The number of methoxy groups -OCH3 is 2. The number of pyridine rings is 2. The van der Waals surface area contributed by atoms with Gasteiger partial charge in [0.05, 0.1) is 59.5 Å². The van der Waals surface area contributed by atoms with Gasteiger partial charge in [-0.05, 0) is 50.7 Å². The number of aryl methyl sites for hydroxylation is 2. The van der Waals surface area contributed by atoms with E-state index in [0.29, 0.717) is 75.2 Å². The molecule has 8 heterocycles. The maximum atomic E-state index is 13.4. The van der Waals surface area contributed by atoms with Crippen LogP contribution in [0.4, 0.5) is 0 Å². The van der Waals surface area contributed by atoms with Crippen LogP contribution in [0, 0.1) is 13.8 Å². The number of ketones is 2. The lowest BCUT2D eigenvalue weighted by Crippen LogP contribution is -2.53. The fourth-order valence-electron chi connectivity index (χ4n) is 10.2. The second kappa shape index (κ2) is 20.2. The molecule has 4 fully saturated rings. The molecular weight excluding hydrogens is 933 g/mol. The number of carboxylic acids is 1. The number of fused-ring (bicyclic) bond motifs is 2. The van der Waals surface area contributed by atoms with E-state index < -0.39 is 23.4 Å². The summed E-state index contributed by atoms with van der Waals surface area (Å²) in [4.78, 5) is 79.0. The van der Waals surface area contributed by atoms with Crippen LogP contribution in [0.5, 0.6) is 11.5 Å². The van der Waals surface area contributed by atoms with Crippen LogP contribution in [0.1, 0.15) is 69.2 Å². The minimum Gasteiger partial charge on any atom is -0.494 e. The molecule has 2 aromatic carbocycles. The Kier molecular flexibility index (Phi) is 13.4. The van der Waals surface area contributed by atoms with Gasteiger partial charge in [-0.2, -0.15) is 10.2 Å². The molecule has 2 aliphatic carbocycles. The Hall–Kier alpha value is -8.14. The molecule has 21 heteroatoms. The van der Waals surface area contributed by atoms with Crippen LogP contribution in [-0.4, -0.2) is 159 Å². The predicted molar refractivity (Wildman–Crippen MR) is 268 cm³/mol. The monoisotopic (exact) mass is 988 g/mol. The Balaban J connectivity index is 0.000000140. The van der Waals surface area contributed by atoms with Gasteiger partial charge in [-0.1, -0.05) is 60.7 Å². The second-order valence-corrected chi connectivity index (χ2v) is 18.5. The number of nitrogens with zero attached hydrogens (tertiary/aromatic N) is 11. The molecule has 12 rings (SSSR count). The molecule has 0 spiro atoms. The fourth-order valence-corrected chi connectivity index (χ4v) is 10.2. The first kappa shape index (κ1) is 48.5. The maximum Gasteiger partial charge on any atom is 0.377 e. The Labute approximate surface area is 419 Å². The van der Waals surface area contributed by atoms with Crippen LogP contribution in [0.25, 0.3) is 33.4 Å². The molecule has 1 amide bonds. The smallest absolute Gasteiger partial charge is 0.377 e. The molecule has 21 nitrogen and oxygen atoms in total. The maximum absolute atomic E-state index is 13.4. The van der Waals surface area contributed by atoms with Crippen molar-refractivity contribution in [1.82, 2.24) is 69.5 Å². The van der Waals surface area contributed by atoms with E-state index in [0.717, 1.165) is 39.0 Å². The topological polar surface area (TPSA) is 247 Å². The highest BCUT2D eigenvalue weighted by molar-refractivity contribution is 6.45. The SMILES string of the molecule is COc1cnc(-n2cnc(C)n2)c2[nH]cc(C(=O)C(=O)N3CCN(C4(c5ccccc5)CC4)CC3)c12.COc1cnc(-n2cnc(C)n2)c2[nH]cc(C(=O)C(=O)O)c12.c1ccc(C2(N3CCNCC3)CC2)cc1. The van der Waals surface area contributed by atoms with Gasteiger partial charge in [0.1, 0.15) is 35.8 Å². The minimum atomic E-state index is -1.54. The molecular formula is C52H56N14O7. The summed E-state index contributed by atoms with van der Waals surface area (Å²) in [5.74, 6) is -0.927. The highest BCUT2D eigenvalue weighted by Gasteiger charge is 2.51. The summed E-state index contributed by atoms with van der Waals surface area (Å²) in [6.45, 7) is 10.7. The first-order chi connectivity index (χ1) is 35.5. The fraction of sp³-hybridized carbons (Fsp3) is 0.346. The number of benzene rings is 2. The quantitative estimate of drug-likeness (QED) is 0.0950. The van der Waals surface area contributed by atoms with Crippen molar-refractivity contribution in [1.29, 1.82) is 0 Å². The van der Waals surface area contributed by atoms with Gasteiger partial charge in [0.2, 0.25) is 0 Å². The van der Waals surface area contributed by atoms with E-state index in [4.69, 9.17) is 14.6 Å². The van der Waals surface area contributed by atoms with E-state index in [-0.39, 0.29) is 16.7 Å². The normalized spacial score (nSPS) is 17.0. The number of carbonyl (C=O) groups is 4. The molecule has 0 bridgehead atoms. The number of Topliss-reactive ketones (excluding diaryl/α,β-unsaturated/α-hetero) is 2. The van der Waals surface area contributed by atoms with Crippen molar-refractivity contribution in [2.45, 2.75) is 50.6 Å². The molecule has 4 aliphatic rings. The van der Waals surface area contributed by atoms with E-state index in [1.165, 1.54) is 85.6 Å². The average Bonchev–Trinajstić information content (AvgIpc) is 4.17. The van der Waals surface area contributed by atoms with Crippen LogP contribution in [0.3, 0.4) is 0 Å². The standard InChI is InChI=1S/C26H27N7O3.C13H11N5O4.C13H18N2/c1-17-29-16-33(30-17)24-22-21(20(36-2)15-28-24)19(14-27-22)23(34)25(35)31-10-12-32(13-11-31)26(8-9-26)18-6-4-3-5-7-18;1-6-16-5-18(17-6)12-10-9(8(22-2)4-15-12)7(3-14-10)11(19)13(20)21;1-2-4-12(5-3-1)13(6-7-13)15-10-8-14-9-11-15/h3-7,14-16,27H,8-13H2,1-2H3;3-5,14H,1-2H3,(H,20,21);1-5,14H,6-11H2. The summed E-state index contributed by atoms with van der Waals surface area (Å²) in [5, 5.41) is 21.7. The number of aromatic nitrogens is 10. The number of ether oxygens (including phenoxy) is 2. The van der Waals surface area contributed by atoms with Gasteiger partial charge >= 0.3 is 5.97 Å². The number of hydrogen-bond acceptors (Lipinski definition) is 15. The zero-order valence-electron chi connectivity index (χ0n) is 41.0. The Morgan fingerprint density at radius 2 is 1.03 bits per heavy atom. The van der Waals surface area contributed by atoms with Crippen molar-refractivity contribution in [3.8, 4) is 23.1 Å². The zero-order valence-corrected chi connectivity index (χ0v) is 41.0. The third-order valence-electron chi connectivity index (χ3n) is 14.2. The minimum absolute atomic E-state index is 0.000151. The van der Waals surface area contributed by atoms with Gasteiger partial charge in [-0.15, -0.1) is 0 Å². The molecule has 6 aromatic heterocycles. The highest BCUT2D eigenvalue weighted by Crippen LogP contribution is 2.52. The number of piperazine rings is 2. The number of rotatable bonds is 12. The van der Waals surface area contributed by atoms with E-state index in [1.807, 2.05) is 6.07 Å². The number of nitrogens with one attached hydrogen (secondary N) is 3. The summed E-state index contributed by atoms with van der Waals surface area (Å²) < 4.78 is 13.6. The van der Waals surface area contributed by atoms with Crippen LogP contribution >= 0.6 is 0 Å². The van der Waals surface area contributed by atoms with Crippen molar-refractivity contribution in [3.63, 3.8) is 0 Å². The first-order valence-corrected chi connectivity index (χ1v) is 24.2. The summed E-state index contributed by atoms with van der Waals surface area (Å²) in [5.41, 5.74) is 4.59. The van der Waals surface area contributed by atoms with Crippen molar-refractivity contribution in [2.24, 2.45) is 0 Å². The summed E-state index contributed by atoms with van der Waals surface area (Å²) in [6.07, 6.45) is 13.8. The van der Waals surface area contributed by atoms with Crippen molar-refractivity contribution >= 4 is 45.2 Å². The summed E-state index contributed by atoms with van der Waals surface area (Å²) in [7, 11) is 2.93. The number of carboxylic acid groups (broad SMARTS) is 1. The Bertz CT molecular complexity index is 3310. The second-order valence-electron chi connectivity index (χ2n) is 18.5. The van der Waals surface area contributed by atoms with E-state index in [1.54, 1.807) is 31.3 Å². The van der Waals surface area contributed by atoms with Crippen LogP contribution in [0.2, 0.25) is 0 Å². The van der Waals surface area contributed by atoms with Gasteiger partial charge in [0.25, 0.3) is 17.5 Å². The number of amides is 1. The molecule has 376 valence electrons. The Morgan fingerprint density at radius 3 is 1.42 bits per heavy atom. The number of aliphatic carboxylic acids is 1. The molecule has 2 saturated heterocycles. The van der Waals surface area contributed by atoms with Gasteiger partial charge < -0.3 is 34.8 Å². The molecule has 8 aromatic rings. The molecule has 2 aliphatic heterocycles. The molecule has 4 N–H and O–H groups in total. The van der Waals surface area contributed by atoms with Crippen LogP contribution in [0.15, 0.2) is 98.1 Å². The number of hydrogen-bond donors (Lipinski definition) is 4. The predicted octanol–water partition coefficient (Wildman–Crippen LogP) is 4.79. The lowest BCUT2D eigenvalue weighted by Gasteiger charge is -2.39. The number of H-pyrrole nitrogens is 2. The van der Waals surface area contributed by atoms with Crippen molar-refractivity contribution in [3.05, 3.63) is 132 Å². The lowest BCUT2D eigenvalue weighted by atomic mass is 10.0. The lowest BCUT2D eigenvalue weighted by molar-refractivity contribution is -0.132. The van der Waals surface area contributed by atoms with Gasteiger partial charge in [-0.3, -0.25) is 24.2 Å². The average molecular weight is 989 g/mol. The number of aromatic amines is 2. The van der Waals surface area contributed by atoms with Gasteiger partial charge in [0.15, 0.2) is 11.6 Å². The molecule has 73 heavy (non-hydrogen) atoms. The van der Waals surface area contributed by atoms with E-state index >= 15 is 0 Å². The molecule has 2 saturated carbocycles. The third-order valence-corrected chi connectivity index (χ3v) is 14.2. The molecule has 0 radical (unpaired) electrons. The van der Waals surface area contributed by atoms with Crippen LogP contribution in [-0.2, 0) is 20.7 Å². The number of carbonyl (C=O) groups excluding carboxylic acids is 3. The zero-order chi connectivity index (χ0) is 50.9. The Morgan fingerprint density at radius 1 is 0.589 bits per heavy atom. The van der Waals surface area contributed by atoms with E-state index in [2.05, 4.69) is 110 Å².